The van der Waals surface area contributed by atoms with Crippen molar-refractivity contribution in [2.75, 3.05) is 6.54 Å². The molecule has 9 heteroatoms. The van der Waals surface area contributed by atoms with E-state index in [0.29, 0.717) is 30.0 Å². The Bertz CT molecular complexity index is 1270. The molecule has 4 aromatic heterocycles. The third-order valence-electron chi connectivity index (χ3n) is 5.49. The Morgan fingerprint density at radius 2 is 2.00 bits per heavy atom. The zero-order valence-electron chi connectivity index (χ0n) is 17.4. The van der Waals surface area contributed by atoms with E-state index in [9.17, 15) is 4.79 Å². The van der Waals surface area contributed by atoms with E-state index in [1.54, 1.807) is 15.6 Å². The summed E-state index contributed by atoms with van der Waals surface area (Å²) in [7, 11) is 0. The van der Waals surface area contributed by atoms with Crippen LogP contribution in [0.15, 0.2) is 30.5 Å². The molecule has 0 radical (unpaired) electrons. The first-order chi connectivity index (χ1) is 14.4. The van der Waals surface area contributed by atoms with Gasteiger partial charge >= 0.3 is 0 Å². The summed E-state index contributed by atoms with van der Waals surface area (Å²) in [4.78, 5) is 24.3. The van der Waals surface area contributed by atoms with E-state index in [1.165, 1.54) is 0 Å². The van der Waals surface area contributed by atoms with Gasteiger partial charge < -0.3 is 9.47 Å². The van der Waals surface area contributed by atoms with Crippen molar-refractivity contribution < 1.29 is 4.79 Å². The lowest BCUT2D eigenvalue weighted by Gasteiger charge is -2.32. The first-order valence-corrected chi connectivity index (χ1v) is 9.92. The average molecular weight is 402 g/mol. The minimum atomic E-state index is -0.0829. The van der Waals surface area contributed by atoms with Gasteiger partial charge in [0.2, 0.25) is 0 Å². The lowest BCUT2D eigenvalue weighted by atomic mass is 10.1. The summed E-state index contributed by atoms with van der Waals surface area (Å²) in [6.45, 7) is 8.73. The van der Waals surface area contributed by atoms with Crippen LogP contribution in [0.2, 0.25) is 0 Å². The van der Waals surface area contributed by atoms with Crippen LogP contribution in [0.25, 0.3) is 17.2 Å². The first-order valence-electron chi connectivity index (χ1n) is 9.92. The first kappa shape index (κ1) is 18.4. The number of hydrogen-bond donors (Lipinski definition) is 0. The Morgan fingerprint density at radius 1 is 1.17 bits per heavy atom. The fourth-order valence-corrected chi connectivity index (χ4v) is 4.19. The molecular formula is C21H22N8O. The molecule has 9 nitrogen and oxygen atoms in total. The standard InChI is InChI=1S/C21H22N8O/c1-12-9-13(2)29-20(23-12)18(15(4)26-29)21(30)27-10-14(3)28-17(11-27)24-25-19(28)16-7-5-6-8-22-16/h5-9,14H,10-11H2,1-4H3/t14-/m0/s1. The molecule has 4 aromatic rings. The van der Waals surface area contributed by atoms with Gasteiger partial charge in [-0.2, -0.15) is 5.10 Å². The molecular weight excluding hydrogens is 380 g/mol. The molecule has 30 heavy (non-hydrogen) atoms. The molecule has 0 saturated carbocycles. The molecule has 0 fully saturated rings. The Hall–Kier alpha value is -3.62. The van der Waals surface area contributed by atoms with E-state index in [-0.39, 0.29) is 11.9 Å². The van der Waals surface area contributed by atoms with E-state index < -0.39 is 0 Å². The van der Waals surface area contributed by atoms with E-state index in [0.717, 1.165) is 28.7 Å². The van der Waals surface area contributed by atoms with Crippen LogP contribution in [0.3, 0.4) is 0 Å². The maximum atomic E-state index is 13.5. The predicted octanol–water partition coefficient (Wildman–Crippen LogP) is 2.53. The number of carbonyl (C=O) groups is 1. The second-order valence-electron chi connectivity index (χ2n) is 7.79. The van der Waals surface area contributed by atoms with E-state index in [1.807, 2.05) is 45.0 Å². The molecule has 0 unspecified atom stereocenters. The molecule has 0 saturated heterocycles. The quantitative estimate of drug-likeness (QED) is 0.511. The maximum Gasteiger partial charge on any atom is 0.260 e. The monoisotopic (exact) mass is 402 g/mol. The van der Waals surface area contributed by atoms with Crippen molar-refractivity contribution in [3.05, 3.63) is 58.9 Å². The van der Waals surface area contributed by atoms with Crippen LogP contribution in [0.5, 0.6) is 0 Å². The molecule has 1 aliphatic heterocycles. The predicted molar refractivity (Wildman–Crippen MR) is 110 cm³/mol. The van der Waals surface area contributed by atoms with Crippen LogP contribution in [-0.4, -0.2) is 51.7 Å². The largest absolute Gasteiger partial charge is 0.329 e. The van der Waals surface area contributed by atoms with Gasteiger partial charge in [0.05, 0.1) is 18.3 Å². The minimum absolute atomic E-state index is 0.0169. The van der Waals surface area contributed by atoms with Gasteiger partial charge in [0.1, 0.15) is 11.3 Å². The summed E-state index contributed by atoms with van der Waals surface area (Å²) in [5.74, 6) is 1.39. The van der Waals surface area contributed by atoms with Crippen molar-refractivity contribution in [3.8, 4) is 11.5 Å². The van der Waals surface area contributed by atoms with Crippen molar-refractivity contribution in [1.29, 1.82) is 0 Å². The van der Waals surface area contributed by atoms with Crippen LogP contribution in [0, 0.1) is 20.8 Å². The van der Waals surface area contributed by atoms with Crippen LogP contribution in [0.1, 0.15) is 46.2 Å². The SMILES string of the molecule is Cc1cc(C)n2nc(C)c(C(=O)N3Cc4nnc(-c5ccccn5)n4[C@@H](C)C3)c2n1. The topological polar surface area (TPSA) is 94.1 Å². The smallest absolute Gasteiger partial charge is 0.260 e. The second-order valence-corrected chi connectivity index (χ2v) is 7.79. The van der Waals surface area contributed by atoms with Crippen LogP contribution in [-0.2, 0) is 6.54 Å². The number of aryl methyl sites for hydroxylation is 3. The molecule has 152 valence electrons. The Balaban J connectivity index is 1.52. The highest BCUT2D eigenvalue weighted by atomic mass is 16.2. The van der Waals surface area contributed by atoms with Crippen LogP contribution < -0.4 is 0 Å². The highest BCUT2D eigenvalue weighted by Crippen LogP contribution is 2.28. The lowest BCUT2D eigenvalue weighted by Crippen LogP contribution is -2.40. The highest BCUT2D eigenvalue weighted by molar-refractivity contribution is 6.01. The van der Waals surface area contributed by atoms with Gasteiger partial charge in [-0.1, -0.05) is 6.07 Å². The number of amides is 1. The molecule has 1 atom stereocenters. The highest BCUT2D eigenvalue weighted by Gasteiger charge is 2.32. The summed E-state index contributed by atoms with van der Waals surface area (Å²) >= 11 is 0. The summed E-state index contributed by atoms with van der Waals surface area (Å²) < 4.78 is 3.81. The molecule has 0 aliphatic carbocycles. The number of aromatic nitrogens is 7. The van der Waals surface area contributed by atoms with E-state index in [4.69, 9.17) is 0 Å². The molecule has 1 amide bonds. The van der Waals surface area contributed by atoms with Gasteiger partial charge in [0, 0.05) is 24.1 Å². The average Bonchev–Trinajstić information content (AvgIpc) is 3.29. The molecule has 1 aliphatic rings. The van der Waals surface area contributed by atoms with E-state index in [2.05, 4.69) is 36.8 Å². The van der Waals surface area contributed by atoms with Crippen molar-refractivity contribution in [2.45, 2.75) is 40.3 Å². The van der Waals surface area contributed by atoms with Gasteiger partial charge in [-0.15, -0.1) is 10.2 Å². The van der Waals surface area contributed by atoms with Gasteiger partial charge in [-0.3, -0.25) is 9.78 Å². The minimum Gasteiger partial charge on any atom is -0.329 e. The number of rotatable bonds is 2. The summed E-state index contributed by atoms with van der Waals surface area (Å²) in [6.07, 6.45) is 1.74. The number of pyridine rings is 1. The Kier molecular flexibility index (Phi) is 4.12. The summed E-state index contributed by atoms with van der Waals surface area (Å²) in [5.41, 5.74) is 4.41. The van der Waals surface area contributed by atoms with Crippen molar-refractivity contribution >= 4 is 11.6 Å². The summed E-state index contributed by atoms with van der Waals surface area (Å²) in [5, 5.41) is 13.2. The fraction of sp³-hybridized carbons (Fsp3) is 0.333. The maximum absolute atomic E-state index is 13.5. The fourth-order valence-electron chi connectivity index (χ4n) is 4.19. The van der Waals surface area contributed by atoms with Gasteiger partial charge in [0.25, 0.3) is 5.91 Å². The van der Waals surface area contributed by atoms with Gasteiger partial charge in [0.15, 0.2) is 17.3 Å². The van der Waals surface area contributed by atoms with Gasteiger partial charge in [-0.05, 0) is 45.9 Å². The number of carbonyl (C=O) groups excluding carboxylic acids is 1. The van der Waals surface area contributed by atoms with Crippen molar-refractivity contribution in [3.63, 3.8) is 0 Å². The van der Waals surface area contributed by atoms with Gasteiger partial charge in [-0.25, -0.2) is 9.50 Å². The summed E-state index contributed by atoms with van der Waals surface area (Å²) in [6, 6.07) is 7.69. The third kappa shape index (κ3) is 2.77. The molecule has 0 bridgehead atoms. The Morgan fingerprint density at radius 3 is 2.77 bits per heavy atom. The molecule has 0 aromatic carbocycles. The van der Waals surface area contributed by atoms with E-state index >= 15 is 0 Å². The molecule has 5 rings (SSSR count). The molecule has 5 heterocycles. The zero-order valence-corrected chi connectivity index (χ0v) is 17.4. The van der Waals surface area contributed by atoms with Crippen molar-refractivity contribution in [2.24, 2.45) is 0 Å². The normalized spacial score (nSPS) is 16.1. The van der Waals surface area contributed by atoms with Crippen LogP contribution in [0.4, 0.5) is 0 Å². The lowest BCUT2D eigenvalue weighted by molar-refractivity contribution is 0.0683. The zero-order chi connectivity index (χ0) is 21.0. The number of hydrogen-bond acceptors (Lipinski definition) is 6. The second kappa shape index (κ2) is 6.72. The number of nitrogens with zero attached hydrogens (tertiary/aromatic N) is 8. The van der Waals surface area contributed by atoms with Crippen molar-refractivity contribution in [1.82, 2.24) is 39.2 Å². The Labute approximate surface area is 173 Å². The van der Waals surface area contributed by atoms with Crippen LogP contribution >= 0.6 is 0 Å². The number of fused-ring (bicyclic) bond motifs is 2. The third-order valence-corrected chi connectivity index (χ3v) is 5.49. The molecule has 0 spiro atoms. The molecule has 0 N–H and O–H groups in total.